The number of carbonyl (C=O) groups is 2. The monoisotopic (exact) mass is 354 g/mol. The van der Waals surface area contributed by atoms with Crippen LogP contribution in [0.2, 0.25) is 0 Å². The molecular formula is C21H26N2O3. The molecule has 0 aliphatic carbocycles. The molecule has 1 atom stereocenters. The van der Waals surface area contributed by atoms with Gasteiger partial charge in [0.05, 0.1) is 0 Å². The van der Waals surface area contributed by atoms with Crippen molar-refractivity contribution in [2.24, 2.45) is 0 Å². The summed E-state index contributed by atoms with van der Waals surface area (Å²) in [6.07, 6.45) is 2.01. The highest BCUT2D eigenvalue weighted by molar-refractivity contribution is 5.82. The first-order chi connectivity index (χ1) is 12.6. The third kappa shape index (κ3) is 6.59. The maximum Gasteiger partial charge on any atom is 0.276 e. The summed E-state index contributed by atoms with van der Waals surface area (Å²) in [5.41, 5.74) is 7.09. The summed E-state index contributed by atoms with van der Waals surface area (Å²) in [6, 6.07) is 17.4. The van der Waals surface area contributed by atoms with Crippen molar-refractivity contribution in [2.75, 3.05) is 6.61 Å². The molecule has 5 nitrogen and oxygen atoms in total. The van der Waals surface area contributed by atoms with Crippen molar-refractivity contribution in [1.82, 2.24) is 10.9 Å². The van der Waals surface area contributed by atoms with Crippen molar-refractivity contribution in [3.8, 4) is 5.75 Å². The van der Waals surface area contributed by atoms with Crippen LogP contribution in [0.5, 0.6) is 5.75 Å². The summed E-state index contributed by atoms with van der Waals surface area (Å²) in [6.45, 7) is 4.17. The topological polar surface area (TPSA) is 67.4 Å². The zero-order valence-electron chi connectivity index (χ0n) is 15.3. The summed E-state index contributed by atoms with van der Waals surface area (Å²) in [4.78, 5) is 23.5. The molecule has 0 saturated heterocycles. The van der Waals surface area contributed by atoms with E-state index in [4.69, 9.17) is 4.74 Å². The Bertz CT molecular complexity index is 699. The predicted molar refractivity (Wildman–Crippen MR) is 102 cm³/mol. The fourth-order valence-electron chi connectivity index (χ4n) is 2.42. The van der Waals surface area contributed by atoms with Gasteiger partial charge in [0, 0.05) is 6.42 Å². The SMILES string of the molecule is CC[C@@H](C)c1ccc(OCC(=O)NNC(=O)CCc2ccccc2)cc1. The molecule has 2 rings (SSSR count). The highest BCUT2D eigenvalue weighted by atomic mass is 16.5. The van der Waals surface area contributed by atoms with Gasteiger partial charge in [0.1, 0.15) is 5.75 Å². The molecule has 0 radical (unpaired) electrons. The average Bonchev–Trinajstić information content (AvgIpc) is 2.69. The molecule has 0 fully saturated rings. The third-order valence-electron chi connectivity index (χ3n) is 4.26. The molecule has 26 heavy (non-hydrogen) atoms. The van der Waals surface area contributed by atoms with E-state index in [1.165, 1.54) is 5.56 Å². The fourth-order valence-corrected chi connectivity index (χ4v) is 2.42. The van der Waals surface area contributed by atoms with E-state index in [1.54, 1.807) is 0 Å². The van der Waals surface area contributed by atoms with Crippen molar-refractivity contribution in [3.05, 3.63) is 65.7 Å². The van der Waals surface area contributed by atoms with E-state index in [9.17, 15) is 9.59 Å². The number of nitrogens with one attached hydrogen (secondary N) is 2. The van der Waals surface area contributed by atoms with Gasteiger partial charge in [0.25, 0.3) is 5.91 Å². The van der Waals surface area contributed by atoms with Gasteiger partial charge < -0.3 is 4.74 Å². The minimum atomic E-state index is -0.399. The van der Waals surface area contributed by atoms with E-state index in [2.05, 4.69) is 24.7 Å². The lowest BCUT2D eigenvalue weighted by atomic mass is 9.99. The third-order valence-corrected chi connectivity index (χ3v) is 4.26. The van der Waals surface area contributed by atoms with Crippen LogP contribution in [-0.2, 0) is 16.0 Å². The molecule has 0 aliphatic rings. The van der Waals surface area contributed by atoms with Crippen LogP contribution < -0.4 is 15.6 Å². The standard InChI is InChI=1S/C21H26N2O3/c1-3-16(2)18-10-12-19(13-11-18)26-15-21(25)23-22-20(24)14-9-17-7-5-4-6-8-17/h4-8,10-13,16H,3,9,14-15H2,1-2H3,(H,22,24)(H,23,25)/t16-/m1/s1. The van der Waals surface area contributed by atoms with Crippen molar-refractivity contribution >= 4 is 11.8 Å². The van der Waals surface area contributed by atoms with Crippen LogP contribution in [0.3, 0.4) is 0 Å². The van der Waals surface area contributed by atoms with Gasteiger partial charge in [-0.3, -0.25) is 20.4 Å². The zero-order valence-corrected chi connectivity index (χ0v) is 15.3. The van der Waals surface area contributed by atoms with E-state index in [1.807, 2.05) is 54.6 Å². The van der Waals surface area contributed by atoms with Crippen LogP contribution in [0.25, 0.3) is 0 Å². The Hall–Kier alpha value is -2.82. The normalized spacial score (nSPS) is 11.5. The molecule has 2 N–H and O–H groups in total. The van der Waals surface area contributed by atoms with Crippen LogP contribution in [-0.4, -0.2) is 18.4 Å². The second kappa shape index (κ2) is 10.2. The Morgan fingerprint density at radius 1 is 0.962 bits per heavy atom. The number of benzene rings is 2. The molecule has 5 heteroatoms. The Morgan fingerprint density at radius 3 is 2.27 bits per heavy atom. The number of amides is 2. The van der Waals surface area contributed by atoms with Crippen molar-refractivity contribution < 1.29 is 14.3 Å². The van der Waals surface area contributed by atoms with E-state index in [0.29, 0.717) is 24.5 Å². The maximum absolute atomic E-state index is 11.8. The molecule has 0 saturated carbocycles. The maximum atomic E-state index is 11.8. The first-order valence-corrected chi connectivity index (χ1v) is 8.93. The summed E-state index contributed by atoms with van der Waals surface area (Å²) in [7, 11) is 0. The van der Waals surface area contributed by atoms with Gasteiger partial charge in [-0.1, -0.05) is 56.3 Å². The number of ether oxygens (including phenoxy) is 1. The van der Waals surface area contributed by atoms with Crippen LogP contribution in [0.15, 0.2) is 54.6 Å². The first-order valence-electron chi connectivity index (χ1n) is 8.93. The number of rotatable bonds is 8. The van der Waals surface area contributed by atoms with Gasteiger partial charge in [-0.25, -0.2) is 0 Å². The molecule has 0 heterocycles. The molecule has 2 aromatic rings. The lowest BCUT2D eigenvalue weighted by Gasteiger charge is -2.11. The quantitative estimate of drug-likeness (QED) is 0.714. The highest BCUT2D eigenvalue weighted by Crippen LogP contribution is 2.21. The van der Waals surface area contributed by atoms with Gasteiger partial charge in [-0.15, -0.1) is 0 Å². The molecule has 0 spiro atoms. The summed E-state index contributed by atoms with van der Waals surface area (Å²) < 4.78 is 5.43. The minimum Gasteiger partial charge on any atom is -0.484 e. The van der Waals surface area contributed by atoms with E-state index in [-0.39, 0.29) is 12.5 Å². The number of carbonyl (C=O) groups excluding carboxylic acids is 2. The van der Waals surface area contributed by atoms with Crippen LogP contribution in [0, 0.1) is 0 Å². The molecule has 0 unspecified atom stereocenters. The van der Waals surface area contributed by atoms with E-state index < -0.39 is 5.91 Å². The second-order valence-corrected chi connectivity index (χ2v) is 6.25. The van der Waals surface area contributed by atoms with Gasteiger partial charge in [0.15, 0.2) is 6.61 Å². The molecule has 2 amide bonds. The highest BCUT2D eigenvalue weighted by Gasteiger charge is 2.07. The van der Waals surface area contributed by atoms with Crippen molar-refractivity contribution in [2.45, 2.75) is 39.0 Å². The van der Waals surface area contributed by atoms with Crippen LogP contribution in [0.4, 0.5) is 0 Å². The van der Waals surface area contributed by atoms with E-state index >= 15 is 0 Å². The minimum absolute atomic E-state index is 0.151. The summed E-state index contributed by atoms with van der Waals surface area (Å²) in [5.74, 6) is 0.491. The molecule has 0 bridgehead atoms. The molecule has 2 aromatic carbocycles. The number of aryl methyl sites for hydroxylation is 1. The number of hydrogen-bond acceptors (Lipinski definition) is 3. The van der Waals surface area contributed by atoms with Gasteiger partial charge in [-0.2, -0.15) is 0 Å². The van der Waals surface area contributed by atoms with Crippen LogP contribution in [0.1, 0.15) is 43.7 Å². The number of hydrazine groups is 1. The lowest BCUT2D eigenvalue weighted by molar-refractivity contribution is -0.130. The molecule has 0 aromatic heterocycles. The van der Waals surface area contributed by atoms with Gasteiger partial charge in [0.2, 0.25) is 5.91 Å². The molecular weight excluding hydrogens is 328 g/mol. The smallest absolute Gasteiger partial charge is 0.276 e. The van der Waals surface area contributed by atoms with Crippen molar-refractivity contribution in [1.29, 1.82) is 0 Å². The summed E-state index contributed by atoms with van der Waals surface area (Å²) >= 11 is 0. The summed E-state index contributed by atoms with van der Waals surface area (Å²) in [5, 5.41) is 0. The predicted octanol–water partition coefficient (Wildman–Crippen LogP) is 3.36. The Balaban J connectivity index is 1.66. The van der Waals surface area contributed by atoms with Crippen LogP contribution >= 0.6 is 0 Å². The Kier molecular flexibility index (Phi) is 7.68. The number of hydrogen-bond donors (Lipinski definition) is 2. The fraction of sp³-hybridized carbons (Fsp3) is 0.333. The Morgan fingerprint density at radius 2 is 1.62 bits per heavy atom. The van der Waals surface area contributed by atoms with E-state index in [0.717, 1.165) is 12.0 Å². The molecule has 138 valence electrons. The zero-order chi connectivity index (χ0) is 18.8. The van der Waals surface area contributed by atoms with Gasteiger partial charge >= 0.3 is 0 Å². The first kappa shape index (κ1) is 19.5. The lowest BCUT2D eigenvalue weighted by Crippen LogP contribution is -2.43. The van der Waals surface area contributed by atoms with Gasteiger partial charge in [-0.05, 0) is 42.0 Å². The Labute approximate surface area is 154 Å². The average molecular weight is 354 g/mol. The van der Waals surface area contributed by atoms with Crippen molar-refractivity contribution in [3.63, 3.8) is 0 Å². The molecule has 0 aliphatic heterocycles. The largest absolute Gasteiger partial charge is 0.484 e. The second-order valence-electron chi connectivity index (χ2n) is 6.25.